The second-order valence-electron chi connectivity index (χ2n) is 6.35. The molecule has 3 rings (SSSR count). The minimum Gasteiger partial charge on any atom is -0.311 e. The highest BCUT2D eigenvalue weighted by Gasteiger charge is 2.21. The molecule has 22 heavy (non-hydrogen) atoms. The van der Waals surface area contributed by atoms with E-state index in [4.69, 9.17) is 0 Å². The fourth-order valence-corrected chi connectivity index (χ4v) is 3.29. The summed E-state index contributed by atoms with van der Waals surface area (Å²) in [4.78, 5) is 16.4. The fourth-order valence-electron chi connectivity index (χ4n) is 3.29. The first-order valence-corrected chi connectivity index (χ1v) is 8.00. The number of rotatable bonds is 4. The first kappa shape index (κ1) is 15.0. The van der Waals surface area contributed by atoms with Crippen molar-refractivity contribution in [1.82, 2.24) is 14.9 Å². The number of aromatic nitrogens is 2. The summed E-state index contributed by atoms with van der Waals surface area (Å²) in [5.74, 6) is 0. The van der Waals surface area contributed by atoms with Gasteiger partial charge in [-0.3, -0.25) is 9.78 Å². The van der Waals surface area contributed by atoms with Crippen molar-refractivity contribution in [1.29, 1.82) is 0 Å². The second-order valence-corrected chi connectivity index (χ2v) is 6.35. The Morgan fingerprint density at radius 2 is 2.23 bits per heavy atom. The third kappa shape index (κ3) is 3.28. The van der Waals surface area contributed by atoms with E-state index in [-0.39, 0.29) is 5.56 Å². The van der Waals surface area contributed by atoms with E-state index >= 15 is 0 Å². The molecule has 0 aromatic carbocycles. The first-order chi connectivity index (χ1) is 10.6. The second kappa shape index (κ2) is 6.44. The molecule has 1 aliphatic rings. The fraction of sp³-hybridized carbons (Fsp3) is 0.444. The summed E-state index contributed by atoms with van der Waals surface area (Å²) >= 11 is 0. The summed E-state index contributed by atoms with van der Waals surface area (Å²) in [7, 11) is 0. The van der Waals surface area contributed by atoms with Crippen molar-refractivity contribution in [2.75, 3.05) is 0 Å². The van der Waals surface area contributed by atoms with Crippen LogP contribution in [0.5, 0.6) is 0 Å². The van der Waals surface area contributed by atoms with Gasteiger partial charge in [-0.15, -0.1) is 0 Å². The van der Waals surface area contributed by atoms with E-state index in [1.165, 1.54) is 11.3 Å². The van der Waals surface area contributed by atoms with Crippen LogP contribution in [-0.4, -0.2) is 21.6 Å². The van der Waals surface area contributed by atoms with Gasteiger partial charge in [0.2, 0.25) is 0 Å². The highest BCUT2D eigenvalue weighted by atomic mass is 16.1. The molecule has 0 radical (unpaired) electrons. The Bertz CT molecular complexity index is 691. The van der Waals surface area contributed by atoms with E-state index in [1.54, 1.807) is 12.3 Å². The molecule has 116 valence electrons. The summed E-state index contributed by atoms with van der Waals surface area (Å²) < 4.78 is 1.91. The molecule has 0 saturated carbocycles. The zero-order valence-electron chi connectivity index (χ0n) is 13.2. The van der Waals surface area contributed by atoms with E-state index in [2.05, 4.69) is 24.1 Å². The first-order valence-electron chi connectivity index (χ1n) is 8.00. The van der Waals surface area contributed by atoms with Gasteiger partial charge in [-0.2, -0.15) is 0 Å². The Morgan fingerprint density at radius 1 is 1.36 bits per heavy atom. The smallest absolute Gasteiger partial charge is 0.251 e. The summed E-state index contributed by atoms with van der Waals surface area (Å²) in [6.07, 6.45) is 6.63. The molecule has 0 fully saturated rings. The van der Waals surface area contributed by atoms with Gasteiger partial charge in [0.25, 0.3) is 5.56 Å². The molecule has 0 spiro atoms. The number of hydrogen-bond donors (Lipinski definition) is 1. The number of pyridine rings is 2. The van der Waals surface area contributed by atoms with Crippen molar-refractivity contribution in [3.05, 3.63) is 63.8 Å². The zero-order chi connectivity index (χ0) is 15.5. The average molecular weight is 297 g/mol. The monoisotopic (exact) mass is 297 g/mol. The topological polar surface area (TPSA) is 46.9 Å². The molecule has 0 amide bonds. The Kier molecular flexibility index (Phi) is 4.39. The predicted molar refractivity (Wildman–Crippen MR) is 88.1 cm³/mol. The van der Waals surface area contributed by atoms with Crippen LogP contribution in [-0.2, 0) is 19.4 Å². The lowest BCUT2D eigenvalue weighted by Crippen LogP contribution is -2.40. The molecule has 4 nitrogen and oxygen atoms in total. The Labute approximate surface area is 131 Å². The number of nitrogens with one attached hydrogen (secondary N) is 1. The maximum Gasteiger partial charge on any atom is 0.251 e. The average Bonchev–Trinajstić information content (AvgIpc) is 2.50. The van der Waals surface area contributed by atoms with Crippen LogP contribution < -0.4 is 10.9 Å². The molecule has 0 bridgehead atoms. The van der Waals surface area contributed by atoms with Crippen LogP contribution in [0.4, 0.5) is 0 Å². The lowest BCUT2D eigenvalue weighted by molar-refractivity contribution is 0.411. The van der Waals surface area contributed by atoms with Gasteiger partial charge >= 0.3 is 0 Å². The third-order valence-electron chi connectivity index (χ3n) is 4.22. The minimum atomic E-state index is 0.0814. The summed E-state index contributed by atoms with van der Waals surface area (Å²) in [6.45, 7) is 4.97. The lowest BCUT2D eigenvalue weighted by Gasteiger charge is -2.29. The van der Waals surface area contributed by atoms with Crippen LogP contribution in [0.2, 0.25) is 0 Å². The highest BCUT2D eigenvalue weighted by molar-refractivity contribution is 5.27. The zero-order valence-corrected chi connectivity index (χ0v) is 13.2. The molecular formula is C18H23N3O. The van der Waals surface area contributed by atoms with Crippen LogP contribution in [0.15, 0.2) is 41.5 Å². The Balaban J connectivity index is 1.88. The predicted octanol–water partition coefficient (Wildman–Crippen LogP) is 2.15. The number of hydrogen-bond acceptors (Lipinski definition) is 3. The van der Waals surface area contributed by atoms with Gasteiger partial charge in [-0.1, -0.05) is 26.0 Å². The quantitative estimate of drug-likeness (QED) is 0.940. The molecule has 1 atom stereocenters. The SMILES string of the molecule is CC(C)NC1CCc2c(ccc(=O)n2Cc2cccnc2)C1. The van der Waals surface area contributed by atoms with Gasteiger partial charge in [-0.25, -0.2) is 0 Å². The van der Waals surface area contributed by atoms with E-state index in [0.717, 1.165) is 24.8 Å². The molecule has 1 aliphatic carbocycles. The van der Waals surface area contributed by atoms with Gasteiger partial charge in [0.05, 0.1) is 6.54 Å². The largest absolute Gasteiger partial charge is 0.311 e. The lowest BCUT2D eigenvalue weighted by atomic mass is 9.91. The normalized spacial score (nSPS) is 17.5. The van der Waals surface area contributed by atoms with Gasteiger partial charge < -0.3 is 9.88 Å². The molecule has 0 aliphatic heterocycles. The van der Waals surface area contributed by atoms with E-state index in [0.29, 0.717) is 18.6 Å². The van der Waals surface area contributed by atoms with E-state index < -0.39 is 0 Å². The maximum absolute atomic E-state index is 12.3. The van der Waals surface area contributed by atoms with Crippen molar-refractivity contribution in [3.8, 4) is 0 Å². The van der Waals surface area contributed by atoms with Crippen LogP contribution >= 0.6 is 0 Å². The molecule has 2 heterocycles. The van der Waals surface area contributed by atoms with Gasteiger partial charge in [-0.05, 0) is 36.5 Å². The van der Waals surface area contributed by atoms with Crippen molar-refractivity contribution in [2.24, 2.45) is 0 Å². The molecule has 2 aromatic heterocycles. The molecule has 0 saturated heterocycles. The molecular weight excluding hydrogens is 274 g/mol. The summed E-state index contributed by atoms with van der Waals surface area (Å²) in [6, 6.07) is 8.64. The van der Waals surface area contributed by atoms with Crippen molar-refractivity contribution in [3.63, 3.8) is 0 Å². The van der Waals surface area contributed by atoms with Crippen LogP contribution in [0.1, 0.15) is 37.1 Å². The van der Waals surface area contributed by atoms with Crippen LogP contribution in [0, 0.1) is 0 Å². The van der Waals surface area contributed by atoms with Crippen molar-refractivity contribution >= 4 is 0 Å². The highest BCUT2D eigenvalue weighted by Crippen LogP contribution is 2.21. The molecule has 1 unspecified atom stereocenters. The number of fused-ring (bicyclic) bond motifs is 1. The van der Waals surface area contributed by atoms with Gasteiger partial charge in [0.1, 0.15) is 0 Å². The van der Waals surface area contributed by atoms with Gasteiger partial charge in [0.15, 0.2) is 0 Å². The van der Waals surface area contributed by atoms with E-state index in [9.17, 15) is 4.79 Å². The summed E-state index contributed by atoms with van der Waals surface area (Å²) in [5, 5.41) is 3.61. The third-order valence-corrected chi connectivity index (χ3v) is 4.22. The van der Waals surface area contributed by atoms with Crippen LogP contribution in [0.25, 0.3) is 0 Å². The molecule has 4 heteroatoms. The van der Waals surface area contributed by atoms with Crippen LogP contribution in [0.3, 0.4) is 0 Å². The molecule has 1 N–H and O–H groups in total. The standard InChI is InChI=1S/C18H23N3O/c1-13(2)20-16-6-7-17-15(10-16)5-8-18(22)21(17)12-14-4-3-9-19-11-14/h3-5,8-9,11,13,16,20H,6-7,10,12H2,1-2H3. The minimum absolute atomic E-state index is 0.0814. The van der Waals surface area contributed by atoms with Crippen molar-refractivity contribution in [2.45, 2.75) is 51.7 Å². The van der Waals surface area contributed by atoms with Crippen molar-refractivity contribution < 1.29 is 0 Å². The molecule has 2 aromatic rings. The van der Waals surface area contributed by atoms with E-state index in [1.807, 2.05) is 29.0 Å². The summed E-state index contributed by atoms with van der Waals surface area (Å²) in [5.41, 5.74) is 3.64. The van der Waals surface area contributed by atoms with Gasteiger partial charge in [0, 0.05) is 36.2 Å². The maximum atomic E-state index is 12.3. The Morgan fingerprint density at radius 3 is 2.95 bits per heavy atom. The Hall–Kier alpha value is -1.94. The number of nitrogens with zero attached hydrogens (tertiary/aromatic N) is 2.